The van der Waals surface area contributed by atoms with Gasteiger partial charge in [0.2, 0.25) is 5.91 Å². The summed E-state index contributed by atoms with van der Waals surface area (Å²) >= 11 is 0. The minimum Gasteiger partial charge on any atom is -0.325 e. The van der Waals surface area contributed by atoms with Crippen LogP contribution in [0, 0.1) is 0 Å². The zero-order chi connectivity index (χ0) is 18.2. The molecule has 0 unspecified atom stereocenters. The third kappa shape index (κ3) is 5.53. The second-order valence-electron chi connectivity index (χ2n) is 5.97. The first-order chi connectivity index (χ1) is 12.0. The van der Waals surface area contributed by atoms with Gasteiger partial charge in [-0.3, -0.25) is 14.6 Å². The van der Waals surface area contributed by atoms with Crippen LogP contribution < -0.4 is 10.7 Å². The van der Waals surface area contributed by atoms with Crippen LogP contribution in [0.2, 0.25) is 0 Å². The summed E-state index contributed by atoms with van der Waals surface area (Å²) in [6, 6.07) is 12.7. The van der Waals surface area contributed by atoms with Gasteiger partial charge in [-0.25, -0.2) is 5.43 Å². The highest BCUT2D eigenvalue weighted by atomic mass is 16.2. The maximum absolute atomic E-state index is 12.2. The lowest BCUT2D eigenvalue weighted by atomic mass is 10.0. The predicted molar refractivity (Wildman–Crippen MR) is 98.6 cm³/mol. The molecule has 0 radical (unpaired) electrons. The van der Waals surface area contributed by atoms with Crippen molar-refractivity contribution in [2.75, 3.05) is 5.32 Å². The molecule has 0 atom stereocenters. The molecule has 2 N–H and O–H groups in total. The number of hydrazone groups is 1. The summed E-state index contributed by atoms with van der Waals surface area (Å²) in [4.78, 5) is 28.0. The number of anilines is 1. The monoisotopic (exact) mass is 338 g/mol. The van der Waals surface area contributed by atoms with Crippen LogP contribution in [0.25, 0.3) is 0 Å². The number of nitrogens with one attached hydrogen (secondary N) is 2. The van der Waals surface area contributed by atoms with Gasteiger partial charge in [-0.2, -0.15) is 5.10 Å². The number of pyridine rings is 1. The average molecular weight is 338 g/mol. The lowest BCUT2D eigenvalue weighted by molar-refractivity contribution is -0.115. The van der Waals surface area contributed by atoms with Gasteiger partial charge in [-0.05, 0) is 36.6 Å². The van der Waals surface area contributed by atoms with Crippen molar-refractivity contribution in [3.05, 3.63) is 59.9 Å². The molecule has 1 aromatic carbocycles. The third-order valence-corrected chi connectivity index (χ3v) is 3.52. The first-order valence-electron chi connectivity index (χ1n) is 8.10. The van der Waals surface area contributed by atoms with Gasteiger partial charge in [0.25, 0.3) is 5.91 Å². The summed E-state index contributed by atoms with van der Waals surface area (Å²) in [6.45, 7) is 5.84. The molecule has 0 bridgehead atoms. The number of hydrogen-bond donors (Lipinski definition) is 2. The van der Waals surface area contributed by atoms with Crippen molar-refractivity contribution in [1.29, 1.82) is 0 Å². The van der Waals surface area contributed by atoms with E-state index in [-0.39, 0.29) is 18.0 Å². The summed E-state index contributed by atoms with van der Waals surface area (Å²) in [7, 11) is 0. The molecule has 0 spiro atoms. The largest absolute Gasteiger partial charge is 0.325 e. The molecule has 0 aliphatic heterocycles. The molecule has 6 heteroatoms. The minimum atomic E-state index is -0.412. The first-order valence-corrected chi connectivity index (χ1v) is 8.10. The third-order valence-electron chi connectivity index (χ3n) is 3.52. The van der Waals surface area contributed by atoms with E-state index in [1.54, 1.807) is 25.1 Å². The Labute approximate surface area is 147 Å². The van der Waals surface area contributed by atoms with Crippen LogP contribution in [0.3, 0.4) is 0 Å². The molecule has 2 rings (SSSR count). The Balaban J connectivity index is 1.93. The predicted octanol–water partition coefficient (Wildman–Crippen LogP) is 3.34. The highest BCUT2D eigenvalue weighted by Crippen LogP contribution is 2.23. The summed E-state index contributed by atoms with van der Waals surface area (Å²) < 4.78 is 0. The summed E-state index contributed by atoms with van der Waals surface area (Å²) in [6.07, 6.45) is 1.63. The highest BCUT2D eigenvalue weighted by Gasteiger charge is 2.11. The number of carbonyl (C=O) groups excluding carboxylic acids is 2. The topological polar surface area (TPSA) is 83.5 Å². The molecule has 1 aromatic heterocycles. The molecule has 130 valence electrons. The molecule has 0 saturated heterocycles. The standard InChI is InChI=1S/C19H22N4O2/c1-13(2)15-8-4-5-9-16(15)21-18(24)12-14(3)22-23-19(25)17-10-6-7-11-20-17/h4-11,13H,12H2,1-3H3,(H,21,24)(H,23,25). The Kier molecular flexibility index (Phi) is 6.39. The number of nitrogens with zero attached hydrogens (tertiary/aromatic N) is 2. The number of rotatable bonds is 6. The van der Waals surface area contributed by atoms with E-state index in [1.807, 2.05) is 24.3 Å². The molecule has 0 fully saturated rings. The first kappa shape index (κ1) is 18.3. The quantitative estimate of drug-likeness (QED) is 0.626. The van der Waals surface area contributed by atoms with Crippen molar-refractivity contribution in [1.82, 2.24) is 10.4 Å². The average Bonchev–Trinajstić information content (AvgIpc) is 2.60. The number of amides is 2. The van der Waals surface area contributed by atoms with E-state index >= 15 is 0 Å². The Morgan fingerprint density at radius 3 is 2.52 bits per heavy atom. The number of carbonyl (C=O) groups is 2. The van der Waals surface area contributed by atoms with E-state index in [0.29, 0.717) is 11.6 Å². The van der Waals surface area contributed by atoms with E-state index in [1.165, 1.54) is 6.20 Å². The number of hydrogen-bond acceptors (Lipinski definition) is 4. The Hall–Kier alpha value is -3.02. The van der Waals surface area contributed by atoms with Crippen molar-refractivity contribution in [2.45, 2.75) is 33.1 Å². The lowest BCUT2D eigenvalue weighted by Crippen LogP contribution is -2.22. The second kappa shape index (κ2) is 8.73. The molecule has 25 heavy (non-hydrogen) atoms. The van der Waals surface area contributed by atoms with Gasteiger partial charge in [0, 0.05) is 17.6 Å². The molecule has 6 nitrogen and oxygen atoms in total. The Morgan fingerprint density at radius 1 is 1.12 bits per heavy atom. The van der Waals surface area contributed by atoms with Crippen molar-refractivity contribution >= 4 is 23.2 Å². The van der Waals surface area contributed by atoms with Crippen molar-refractivity contribution in [2.24, 2.45) is 5.10 Å². The molecular weight excluding hydrogens is 316 g/mol. The highest BCUT2D eigenvalue weighted by molar-refractivity contribution is 6.06. The van der Waals surface area contributed by atoms with Crippen LogP contribution in [-0.2, 0) is 4.79 Å². The van der Waals surface area contributed by atoms with Crippen LogP contribution in [0.1, 0.15) is 49.2 Å². The van der Waals surface area contributed by atoms with Crippen LogP contribution >= 0.6 is 0 Å². The van der Waals surface area contributed by atoms with Crippen molar-refractivity contribution in [3.8, 4) is 0 Å². The molecule has 1 heterocycles. The second-order valence-corrected chi connectivity index (χ2v) is 5.97. The van der Waals surface area contributed by atoms with Crippen LogP contribution in [0.4, 0.5) is 5.69 Å². The SMILES string of the molecule is CC(CC(=O)Nc1ccccc1C(C)C)=NNC(=O)c1ccccn1. The van der Waals surface area contributed by atoms with E-state index in [4.69, 9.17) is 0 Å². The van der Waals surface area contributed by atoms with E-state index < -0.39 is 5.91 Å². The smallest absolute Gasteiger partial charge is 0.289 e. The van der Waals surface area contributed by atoms with E-state index in [9.17, 15) is 9.59 Å². The zero-order valence-electron chi connectivity index (χ0n) is 14.6. The zero-order valence-corrected chi connectivity index (χ0v) is 14.6. The normalized spacial score (nSPS) is 11.3. The number of benzene rings is 1. The van der Waals surface area contributed by atoms with E-state index in [2.05, 4.69) is 34.7 Å². The molecular formula is C19H22N4O2. The Bertz CT molecular complexity index is 770. The van der Waals surface area contributed by atoms with E-state index in [0.717, 1.165) is 11.3 Å². The molecule has 2 aromatic rings. The molecule has 0 saturated carbocycles. The Morgan fingerprint density at radius 2 is 1.84 bits per heavy atom. The van der Waals surface area contributed by atoms with Crippen molar-refractivity contribution < 1.29 is 9.59 Å². The summed E-state index contributed by atoms with van der Waals surface area (Å²) in [5.74, 6) is -0.282. The fraction of sp³-hybridized carbons (Fsp3) is 0.263. The molecule has 0 aliphatic rings. The summed E-state index contributed by atoms with van der Waals surface area (Å²) in [5, 5.41) is 6.85. The van der Waals surface area contributed by atoms with Crippen LogP contribution in [0.5, 0.6) is 0 Å². The maximum atomic E-state index is 12.2. The van der Waals surface area contributed by atoms with Gasteiger partial charge in [0.15, 0.2) is 0 Å². The van der Waals surface area contributed by atoms with Crippen LogP contribution in [0.15, 0.2) is 53.8 Å². The van der Waals surface area contributed by atoms with Gasteiger partial charge in [-0.1, -0.05) is 38.1 Å². The van der Waals surface area contributed by atoms with Gasteiger partial charge >= 0.3 is 0 Å². The molecule has 2 amide bonds. The number of aromatic nitrogens is 1. The fourth-order valence-electron chi connectivity index (χ4n) is 2.28. The van der Waals surface area contributed by atoms with Crippen molar-refractivity contribution in [3.63, 3.8) is 0 Å². The summed E-state index contributed by atoms with van der Waals surface area (Å²) in [5.41, 5.74) is 5.06. The van der Waals surface area contributed by atoms with Gasteiger partial charge in [0.05, 0.1) is 6.42 Å². The van der Waals surface area contributed by atoms with Crippen LogP contribution in [-0.4, -0.2) is 22.5 Å². The maximum Gasteiger partial charge on any atom is 0.289 e. The fourth-order valence-corrected chi connectivity index (χ4v) is 2.28. The lowest BCUT2D eigenvalue weighted by Gasteiger charge is -2.13. The molecule has 0 aliphatic carbocycles. The van der Waals surface area contributed by atoms with Gasteiger partial charge in [-0.15, -0.1) is 0 Å². The van der Waals surface area contributed by atoms with Gasteiger partial charge < -0.3 is 5.32 Å². The number of para-hydroxylation sites is 1. The minimum absolute atomic E-state index is 0.0922. The van der Waals surface area contributed by atoms with Gasteiger partial charge in [0.1, 0.15) is 5.69 Å².